The number of ketones is 1. The van der Waals surface area contributed by atoms with Gasteiger partial charge in [0.1, 0.15) is 5.75 Å². The summed E-state index contributed by atoms with van der Waals surface area (Å²) >= 11 is 1.22. The number of phenols is 1. The van der Waals surface area contributed by atoms with Crippen LogP contribution >= 0.6 is 11.3 Å². The Hall–Kier alpha value is -2.60. The average molecular weight is 304 g/mol. The van der Waals surface area contributed by atoms with Crippen molar-refractivity contribution in [1.82, 2.24) is 0 Å². The van der Waals surface area contributed by atoms with Crippen LogP contribution in [0.5, 0.6) is 5.75 Å². The molecule has 1 heterocycles. The van der Waals surface area contributed by atoms with Crippen LogP contribution in [0.2, 0.25) is 0 Å². The highest BCUT2D eigenvalue weighted by Crippen LogP contribution is 2.29. The van der Waals surface area contributed by atoms with Gasteiger partial charge in [0, 0.05) is 11.0 Å². The number of ether oxygens (including phenoxy) is 1. The maximum Gasteiger partial charge on any atom is 0.373 e. The fourth-order valence-electron chi connectivity index (χ4n) is 1.61. The fraction of sp³-hybridized carbons (Fsp3) is 0.0667. The van der Waals surface area contributed by atoms with Gasteiger partial charge < -0.3 is 14.9 Å². The van der Waals surface area contributed by atoms with Crippen molar-refractivity contribution in [2.24, 2.45) is 0 Å². The van der Waals surface area contributed by atoms with Gasteiger partial charge in [-0.3, -0.25) is 4.79 Å². The predicted molar refractivity (Wildman–Crippen MR) is 78.5 cm³/mol. The van der Waals surface area contributed by atoms with Crippen LogP contribution in [0.1, 0.15) is 9.67 Å². The minimum Gasteiger partial charge on any atom is -0.508 e. The molecule has 2 N–H and O–H groups in total. The second-order valence-electron chi connectivity index (χ2n) is 4.10. The van der Waals surface area contributed by atoms with Crippen molar-refractivity contribution in [3.05, 3.63) is 53.1 Å². The van der Waals surface area contributed by atoms with Crippen LogP contribution in [0, 0.1) is 0 Å². The van der Waals surface area contributed by atoms with Crippen LogP contribution in [0.4, 0.5) is 0 Å². The standard InChI is InChI=1S/C15H12O5S/c1-20-15(19)12(18)8-11(17)14-7-6-13(21-14)9-2-4-10(16)5-3-9/h2-8,16,18H,1H3/b12-8-. The second kappa shape index (κ2) is 6.23. The topological polar surface area (TPSA) is 83.8 Å². The van der Waals surface area contributed by atoms with E-state index in [2.05, 4.69) is 4.74 Å². The quantitative estimate of drug-likeness (QED) is 0.393. The molecule has 0 amide bonds. The molecule has 2 rings (SSSR count). The molecule has 0 aliphatic rings. The van der Waals surface area contributed by atoms with Crippen LogP contribution in [0.25, 0.3) is 10.4 Å². The van der Waals surface area contributed by atoms with E-state index in [0.29, 0.717) is 4.88 Å². The van der Waals surface area contributed by atoms with Crippen LogP contribution in [-0.2, 0) is 9.53 Å². The molecule has 1 aromatic heterocycles. The van der Waals surface area contributed by atoms with E-state index < -0.39 is 17.5 Å². The first-order valence-electron chi connectivity index (χ1n) is 5.94. The lowest BCUT2D eigenvalue weighted by Crippen LogP contribution is -2.06. The number of aliphatic hydroxyl groups excluding tert-OH is 1. The van der Waals surface area contributed by atoms with Gasteiger partial charge in [-0.1, -0.05) is 0 Å². The number of carbonyl (C=O) groups is 2. The number of carbonyl (C=O) groups excluding carboxylic acids is 2. The molecule has 108 valence electrons. The van der Waals surface area contributed by atoms with E-state index in [1.54, 1.807) is 36.4 Å². The molecule has 6 heteroatoms. The number of rotatable bonds is 4. The minimum absolute atomic E-state index is 0.164. The van der Waals surface area contributed by atoms with Gasteiger partial charge in [0.25, 0.3) is 0 Å². The first kappa shape index (κ1) is 14.8. The largest absolute Gasteiger partial charge is 0.508 e. The molecule has 0 radical (unpaired) electrons. The molecule has 1 aromatic carbocycles. The number of thiophene rings is 1. The van der Waals surface area contributed by atoms with Crippen molar-refractivity contribution >= 4 is 23.1 Å². The number of hydrogen-bond acceptors (Lipinski definition) is 6. The van der Waals surface area contributed by atoms with E-state index in [0.717, 1.165) is 23.6 Å². The van der Waals surface area contributed by atoms with Gasteiger partial charge >= 0.3 is 5.97 Å². The van der Waals surface area contributed by atoms with E-state index in [1.807, 2.05) is 0 Å². The van der Waals surface area contributed by atoms with Gasteiger partial charge in [-0.25, -0.2) is 4.79 Å². The number of allylic oxidation sites excluding steroid dienone is 1. The monoisotopic (exact) mass is 304 g/mol. The second-order valence-corrected chi connectivity index (χ2v) is 5.18. The summed E-state index contributed by atoms with van der Waals surface area (Å²) in [6.07, 6.45) is 0.832. The van der Waals surface area contributed by atoms with Crippen LogP contribution in [0.15, 0.2) is 48.2 Å². The highest BCUT2D eigenvalue weighted by Gasteiger charge is 2.13. The molecule has 0 fully saturated rings. The minimum atomic E-state index is -0.960. The number of aromatic hydroxyl groups is 1. The summed E-state index contributed by atoms with van der Waals surface area (Å²) in [5, 5.41) is 18.6. The summed E-state index contributed by atoms with van der Waals surface area (Å²) in [4.78, 5) is 24.1. The zero-order chi connectivity index (χ0) is 15.4. The van der Waals surface area contributed by atoms with Gasteiger partial charge in [0.15, 0.2) is 5.78 Å². The summed E-state index contributed by atoms with van der Waals surface area (Å²) in [5.41, 5.74) is 0.859. The first-order chi connectivity index (χ1) is 10.0. The smallest absolute Gasteiger partial charge is 0.373 e. The van der Waals surface area contributed by atoms with Crippen LogP contribution < -0.4 is 0 Å². The van der Waals surface area contributed by atoms with E-state index in [4.69, 9.17) is 0 Å². The van der Waals surface area contributed by atoms with Gasteiger partial charge in [0.05, 0.1) is 12.0 Å². The Morgan fingerprint density at radius 2 is 1.81 bits per heavy atom. The van der Waals surface area contributed by atoms with Crippen molar-refractivity contribution in [3.63, 3.8) is 0 Å². The Morgan fingerprint density at radius 3 is 2.43 bits per heavy atom. The maximum atomic E-state index is 11.9. The molecule has 5 nitrogen and oxygen atoms in total. The van der Waals surface area contributed by atoms with E-state index >= 15 is 0 Å². The molecule has 2 aromatic rings. The van der Waals surface area contributed by atoms with Gasteiger partial charge in [-0.05, 0) is 42.0 Å². The molecule has 0 bridgehead atoms. The maximum absolute atomic E-state index is 11.9. The van der Waals surface area contributed by atoms with Crippen molar-refractivity contribution in [2.75, 3.05) is 7.11 Å². The molecule has 0 aliphatic carbocycles. The first-order valence-corrected chi connectivity index (χ1v) is 6.75. The Morgan fingerprint density at radius 1 is 1.14 bits per heavy atom. The highest BCUT2D eigenvalue weighted by atomic mass is 32.1. The summed E-state index contributed by atoms with van der Waals surface area (Å²) in [6.45, 7) is 0. The molecule has 0 aliphatic heterocycles. The fourth-order valence-corrected chi connectivity index (χ4v) is 2.53. The number of hydrogen-bond donors (Lipinski definition) is 2. The lowest BCUT2D eigenvalue weighted by molar-refractivity contribution is -0.139. The summed E-state index contributed by atoms with van der Waals surface area (Å²) in [7, 11) is 1.12. The third-order valence-corrected chi connectivity index (χ3v) is 3.81. The lowest BCUT2D eigenvalue weighted by Gasteiger charge is -1.97. The van der Waals surface area contributed by atoms with E-state index in [9.17, 15) is 19.8 Å². The molecule has 0 unspecified atom stereocenters. The van der Waals surface area contributed by atoms with E-state index in [-0.39, 0.29) is 5.75 Å². The van der Waals surface area contributed by atoms with Crippen LogP contribution in [0.3, 0.4) is 0 Å². The molecule has 21 heavy (non-hydrogen) atoms. The molecule has 0 saturated heterocycles. The summed E-state index contributed by atoms with van der Waals surface area (Å²) in [5.74, 6) is -2.01. The lowest BCUT2D eigenvalue weighted by atomic mass is 10.2. The van der Waals surface area contributed by atoms with Crippen molar-refractivity contribution in [1.29, 1.82) is 0 Å². The predicted octanol–water partition coefficient (Wildman–Crippen LogP) is 2.92. The van der Waals surface area contributed by atoms with E-state index in [1.165, 1.54) is 11.3 Å². The Kier molecular flexibility index (Phi) is 4.39. The van der Waals surface area contributed by atoms with Crippen molar-refractivity contribution in [2.45, 2.75) is 0 Å². The SMILES string of the molecule is COC(=O)/C(O)=C/C(=O)c1ccc(-c2ccc(O)cc2)s1. The summed E-state index contributed by atoms with van der Waals surface area (Å²) in [6, 6.07) is 9.94. The number of benzene rings is 1. The molecule has 0 atom stereocenters. The Labute approximate surface area is 124 Å². The number of phenolic OH excluding ortho intramolecular Hbond substituents is 1. The molecular formula is C15H12O5S. The third-order valence-electron chi connectivity index (χ3n) is 2.66. The van der Waals surface area contributed by atoms with Gasteiger partial charge in [-0.2, -0.15) is 0 Å². The number of methoxy groups -OCH3 is 1. The highest BCUT2D eigenvalue weighted by molar-refractivity contribution is 7.17. The van der Waals surface area contributed by atoms with Crippen LogP contribution in [-0.4, -0.2) is 29.1 Å². The Bertz CT molecular complexity index is 697. The summed E-state index contributed by atoms with van der Waals surface area (Å²) < 4.78 is 4.30. The molecule has 0 spiro atoms. The van der Waals surface area contributed by atoms with Crippen molar-refractivity contribution < 1.29 is 24.5 Å². The molecule has 0 saturated carbocycles. The number of esters is 1. The van der Waals surface area contributed by atoms with Gasteiger partial charge in [-0.15, -0.1) is 11.3 Å². The zero-order valence-corrected chi connectivity index (χ0v) is 11.9. The zero-order valence-electron chi connectivity index (χ0n) is 11.1. The Balaban J connectivity index is 2.22. The third kappa shape index (κ3) is 3.49. The number of aliphatic hydroxyl groups is 1. The normalized spacial score (nSPS) is 11.2. The van der Waals surface area contributed by atoms with Gasteiger partial charge in [0.2, 0.25) is 5.76 Å². The average Bonchev–Trinajstić information content (AvgIpc) is 2.97. The molecular weight excluding hydrogens is 292 g/mol. The van der Waals surface area contributed by atoms with Crippen molar-refractivity contribution in [3.8, 4) is 16.2 Å².